The minimum atomic E-state index is -3.98. The van der Waals surface area contributed by atoms with E-state index in [1.807, 2.05) is 128 Å². The minimum Gasteiger partial charge on any atom is -0.398 e. The number of carbonyl (C=O) groups excluding carboxylic acids is 1. The molecule has 0 aliphatic carbocycles. The summed E-state index contributed by atoms with van der Waals surface area (Å²) in [5.41, 5.74) is 13.3. The second-order valence-corrected chi connectivity index (χ2v) is 17.2. The summed E-state index contributed by atoms with van der Waals surface area (Å²) in [6.07, 6.45) is -1.19. The summed E-state index contributed by atoms with van der Waals surface area (Å²) < 4.78 is 43.1. The Bertz CT molecular complexity index is 2360. The highest BCUT2D eigenvalue weighted by Gasteiger charge is 2.42. The second-order valence-electron chi connectivity index (χ2n) is 14.4. The van der Waals surface area contributed by atoms with Crippen LogP contribution in [0.15, 0.2) is 168 Å². The lowest BCUT2D eigenvalue weighted by Gasteiger charge is -2.43. The van der Waals surface area contributed by atoms with Gasteiger partial charge in [0.2, 0.25) is 15.9 Å². The van der Waals surface area contributed by atoms with Gasteiger partial charge in [-0.1, -0.05) is 139 Å². The molecule has 6 aromatic carbocycles. The third-order valence-corrected chi connectivity index (χ3v) is 12.9. The van der Waals surface area contributed by atoms with Crippen molar-refractivity contribution < 1.29 is 27.8 Å². The maximum Gasteiger partial charge on any atom is 0.241 e. The van der Waals surface area contributed by atoms with Crippen LogP contribution in [0.4, 0.5) is 5.69 Å². The molecule has 1 heterocycles. The SMILES string of the molecule is Cc1ccc(S(=O)(=O)NC(Cc2ccccc2)C(=O)NCc2ccc(C3OC(CSc4ccccc4N)C(c4ccccc4)C(c4ccc(CO)cc4)O3)cc2)cc1. The molecule has 0 saturated carbocycles. The van der Waals surface area contributed by atoms with Gasteiger partial charge in [0.1, 0.15) is 6.04 Å². The number of aliphatic hydroxyl groups excluding tert-OH is 1. The number of aryl methyl sites for hydroxylation is 1. The molecule has 0 radical (unpaired) electrons. The van der Waals surface area contributed by atoms with E-state index >= 15 is 0 Å². The van der Waals surface area contributed by atoms with Gasteiger partial charge in [-0.2, -0.15) is 4.72 Å². The van der Waals surface area contributed by atoms with Gasteiger partial charge in [0.25, 0.3) is 0 Å². The molecule has 11 heteroatoms. The molecule has 298 valence electrons. The number of nitrogens with one attached hydrogen (secondary N) is 2. The summed E-state index contributed by atoms with van der Waals surface area (Å²) in [5, 5.41) is 12.7. The predicted octanol–water partition coefficient (Wildman–Crippen LogP) is 8.01. The maximum absolute atomic E-state index is 13.7. The Balaban J connectivity index is 1.10. The van der Waals surface area contributed by atoms with Gasteiger partial charge in [0.15, 0.2) is 6.29 Å². The van der Waals surface area contributed by atoms with Crippen LogP contribution in [0, 0.1) is 6.92 Å². The molecule has 1 amide bonds. The predicted molar refractivity (Wildman–Crippen MR) is 228 cm³/mol. The number of hydrogen-bond acceptors (Lipinski definition) is 8. The number of nitrogens with two attached hydrogens (primary N) is 1. The van der Waals surface area contributed by atoms with E-state index in [-0.39, 0.29) is 42.6 Å². The van der Waals surface area contributed by atoms with Gasteiger partial charge < -0.3 is 25.6 Å². The van der Waals surface area contributed by atoms with E-state index in [4.69, 9.17) is 15.2 Å². The number of aliphatic hydroxyl groups is 1. The normalized spacial score (nSPS) is 18.7. The monoisotopic (exact) mass is 813 g/mol. The van der Waals surface area contributed by atoms with E-state index in [2.05, 4.69) is 22.2 Å². The van der Waals surface area contributed by atoms with Crippen molar-refractivity contribution in [2.45, 2.75) is 66.7 Å². The molecule has 9 nitrogen and oxygen atoms in total. The average Bonchev–Trinajstić information content (AvgIpc) is 3.25. The molecule has 7 rings (SSSR count). The van der Waals surface area contributed by atoms with Crippen molar-refractivity contribution in [1.29, 1.82) is 0 Å². The van der Waals surface area contributed by atoms with Crippen LogP contribution >= 0.6 is 11.8 Å². The number of hydrogen-bond donors (Lipinski definition) is 4. The quantitative estimate of drug-likeness (QED) is 0.0605. The summed E-state index contributed by atoms with van der Waals surface area (Å²) in [5.74, 6) is 0.0152. The van der Waals surface area contributed by atoms with Crippen LogP contribution in [0.25, 0.3) is 0 Å². The number of nitrogen functional groups attached to an aromatic ring is 1. The largest absolute Gasteiger partial charge is 0.398 e. The van der Waals surface area contributed by atoms with Crippen LogP contribution in [0.1, 0.15) is 57.3 Å². The molecule has 5 atom stereocenters. The molecule has 5 unspecified atom stereocenters. The molecule has 6 aromatic rings. The second kappa shape index (κ2) is 19.0. The van der Waals surface area contributed by atoms with Crippen molar-refractivity contribution in [2.24, 2.45) is 0 Å². The fraction of sp³-hybridized carbons (Fsp3) is 0.213. The van der Waals surface area contributed by atoms with Crippen LogP contribution in [0.5, 0.6) is 0 Å². The number of rotatable bonds is 15. The van der Waals surface area contributed by atoms with Gasteiger partial charge in [0.05, 0.1) is 23.7 Å². The Morgan fingerprint density at radius 3 is 2.02 bits per heavy atom. The first-order chi connectivity index (χ1) is 28.2. The van der Waals surface area contributed by atoms with E-state index in [0.717, 1.165) is 43.8 Å². The zero-order valence-electron chi connectivity index (χ0n) is 32.1. The highest BCUT2D eigenvalue weighted by Crippen LogP contribution is 2.48. The van der Waals surface area contributed by atoms with Crippen molar-refractivity contribution in [3.63, 3.8) is 0 Å². The molecule has 1 fully saturated rings. The average molecular weight is 814 g/mol. The molecule has 0 aromatic heterocycles. The van der Waals surface area contributed by atoms with Gasteiger partial charge in [-0.3, -0.25) is 4.79 Å². The van der Waals surface area contributed by atoms with E-state index in [1.165, 1.54) is 12.1 Å². The Hall–Kier alpha value is -5.27. The molecule has 0 bridgehead atoms. The Morgan fingerprint density at radius 1 is 0.724 bits per heavy atom. The Morgan fingerprint density at radius 2 is 1.34 bits per heavy atom. The van der Waals surface area contributed by atoms with Gasteiger partial charge >= 0.3 is 0 Å². The molecule has 1 saturated heterocycles. The van der Waals surface area contributed by atoms with Crippen LogP contribution in [0.2, 0.25) is 0 Å². The molecule has 1 aliphatic rings. The molecular weight excluding hydrogens is 767 g/mol. The first-order valence-electron chi connectivity index (χ1n) is 19.2. The maximum atomic E-state index is 13.7. The number of amides is 1. The van der Waals surface area contributed by atoms with Crippen LogP contribution in [0.3, 0.4) is 0 Å². The Kier molecular flexibility index (Phi) is 13.4. The van der Waals surface area contributed by atoms with Gasteiger partial charge in [-0.15, -0.1) is 11.8 Å². The summed E-state index contributed by atoms with van der Waals surface area (Å²) in [6, 6.07) is 48.4. The highest BCUT2D eigenvalue weighted by molar-refractivity contribution is 7.99. The van der Waals surface area contributed by atoms with E-state index in [9.17, 15) is 18.3 Å². The number of ether oxygens (including phenoxy) is 2. The fourth-order valence-corrected chi connectivity index (χ4v) is 9.29. The Labute approximate surface area is 344 Å². The van der Waals surface area contributed by atoms with Crippen molar-refractivity contribution in [3.05, 3.63) is 197 Å². The number of thioether (sulfide) groups is 1. The van der Waals surface area contributed by atoms with Crippen molar-refractivity contribution in [3.8, 4) is 0 Å². The van der Waals surface area contributed by atoms with E-state index in [0.29, 0.717) is 11.4 Å². The van der Waals surface area contributed by atoms with Crippen LogP contribution in [-0.2, 0) is 43.9 Å². The third kappa shape index (κ3) is 10.2. The molecule has 1 aliphatic heterocycles. The van der Waals surface area contributed by atoms with E-state index < -0.39 is 28.3 Å². The zero-order valence-corrected chi connectivity index (χ0v) is 33.7. The van der Waals surface area contributed by atoms with Gasteiger partial charge in [-0.25, -0.2) is 8.42 Å². The van der Waals surface area contributed by atoms with Crippen LogP contribution < -0.4 is 15.8 Å². The lowest BCUT2D eigenvalue weighted by molar-refractivity contribution is -0.255. The van der Waals surface area contributed by atoms with Gasteiger partial charge in [-0.05, 0) is 65.4 Å². The summed E-state index contributed by atoms with van der Waals surface area (Å²) in [7, 11) is -3.98. The number of sulfonamides is 1. The van der Waals surface area contributed by atoms with Crippen molar-refractivity contribution in [2.75, 3.05) is 11.5 Å². The number of para-hydroxylation sites is 1. The zero-order chi connectivity index (χ0) is 40.5. The first kappa shape index (κ1) is 40.9. The van der Waals surface area contributed by atoms with E-state index in [1.54, 1.807) is 23.9 Å². The van der Waals surface area contributed by atoms with Crippen molar-refractivity contribution >= 4 is 33.4 Å². The summed E-state index contributed by atoms with van der Waals surface area (Å²) in [4.78, 5) is 14.7. The summed E-state index contributed by atoms with van der Waals surface area (Å²) >= 11 is 1.65. The lowest BCUT2D eigenvalue weighted by atomic mass is 9.84. The van der Waals surface area contributed by atoms with Crippen LogP contribution in [-0.4, -0.2) is 37.3 Å². The number of benzene rings is 6. The summed E-state index contributed by atoms with van der Waals surface area (Å²) in [6.45, 7) is 2.01. The standard InChI is InChI=1S/C47H47N3O6S2/c1-32-16-26-39(27-17-32)58(53,54)50-41(28-33-10-4-2-5-11-33)46(52)49-29-34-18-24-38(25-19-34)47-55-42(31-57-43-15-9-8-14-40(43)48)44(36-12-6-3-7-13-36)45(56-47)37-22-20-35(30-51)21-23-37/h2-27,41-42,44-45,47,50-51H,28-31,48H2,1H3,(H,49,52). The topological polar surface area (TPSA) is 140 Å². The number of carbonyl (C=O) groups is 1. The lowest BCUT2D eigenvalue weighted by Crippen LogP contribution is -2.47. The minimum absolute atomic E-state index is 0.0546. The molecule has 5 N–H and O–H groups in total. The van der Waals surface area contributed by atoms with Gasteiger partial charge in [0, 0.05) is 34.4 Å². The fourth-order valence-electron chi connectivity index (χ4n) is 7.05. The smallest absolute Gasteiger partial charge is 0.241 e. The third-order valence-electron chi connectivity index (χ3n) is 10.2. The molecular formula is C47H47N3O6S2. The molecule has 58 heavy (non-hydrogen) atoms. The van der Waals surface area contributed by atoms with Crippen molar-refractivity contribution in [1.82, 2.24) is 10.0 Å². The number of anilines is 1. The highest BCUT2D eigenvalue weighted by atomic mass is 32.2. The first-order valence-corrected chi connectivity index (χ1v) is 21.7. The molecule has 0 spiro atoms.